The van der Waals surface area contributed by atoms with Gasteiger partial charge in [-0.3, -0.25) is 0 Å². The van der Waals surface area contributed by atoms with Gasteiger partial charge in [-0.05, 0) is 26.5 Å². The van der Waals surface area contributed by atoms with Crippen molar-refractivity contribution in [3.63, 3.8) is 0 Å². The molecule has 88 valence electrons. The van der Waals surface area contributed by atoms with E-state index in [4.69, 9.17) is 9.84 Å². The van der Waals surface area contributed by atoms with Crippen LogP contribution in [0.1, 0.15) is 18.1 Å². The zero-order valence-electron chi connectivity index (χ0n) is 9.78. The van der Waals surface area contributed by atoms with Crippen molar-refractivity contribution >= 4 is 5.97 Å². The third kappa shape index (κ3) is 2.97. The Hall–Kier alpha value is -1.55. The van der Waals surface area contributed by atoms with Crippen LogP contribution in [-0.2, 0) is 11.3 Å². The zero-order chi connectivity index (χ0) is 12.1. The van der Waals surface area contributed by atoms with Gasteiger partial charge >= 0.3 is 5.97 Å². The molecule has 0 bridgehead atoms. The van der Waals surface area contributed by atoms with E-state index >= 15 is 0 Å². The molecule has 0 fully saturated rings. The highest BCUT2D eigenvalue weighted by atomic mass is 16.5. The van der Waals surface area contributed by atoms with Crippen molar-refractivity contribution < 1.29 is 14.6 Å². The van der Waals surface area contributed by atoms with Gasteiger partial charge in [0.2, 0.25) is 0 Å². The fourth-order valence-electron chi connectivity index (χ4n) is 1.44. The van der Waals surface area contributed by atoms with E-state index in [1.54, 1.807) is 0 Å². The normalized spacial score (nSPS) is 12.2. The molecule has 1 aromatic rings. The molecular weight excluding hydrogens is 206 g/mol. The third-order valence-electron chi connectivity index (χ3n) is 2.30. The number of benzene rings is 1. The predicted octanol–water partition coefficient (Wildman–Crippen LogP) is 1.57. The van der Waals surface area contributed by atoms with Gasteiger partial charge in [0.25, 0.3) is 0 Å². The van der Waals surface area contributed by atoms with Gasteiger partial charge < -0.3 is 15.2 Å². The maximum Gasteiger partial charge on any atom is 0.344 e. The Kier molecular flexibility index (Phi) is 4.31. The summed E-state index contributed by atoms with van der Waals surface area (Å²) >= 11 is 0. The highest BCUT2D eigenvalue weighted by Gasteiger charge is 2.15. The van der Waals surface area contributed by atoms with Gasteiger partial charge in [-0.15, -0.1) is 0 Å². The SMILES string of the molecule is CNCc1cccc(C)c1OC(C)C(=O)O. The van der Waals surface area contributed by atoms with Crippen LogP contribution in [0, 0.1) is 6.92 Å². The number of carboxylic acid groups (broad SMARTS) is 1. The molecule has 0 heterocycles. The Morgan fingerprint density at radius 3 is 2.81 bits per heavy atom. The van der Waals surface area contributed by atoms with Crippen LogP contribution < -0.4 is 10.1 Å². The van der Waals surface area contributed by atoms with E-state index < -0.39 is 12.1 Å². The fourth-order valence-corrected chi connectivity index (χ4v) is 1.44. The van der Waals surface area contributed by atoms with E-state index in [9.17, 15) is 4.79 Å². The molecule has 0 aliphatic rings. The van der Waals surface area contributed by atoms with E-state index in [2.05, 4.69) is 5.32 Å². The second kappa shape index (κ2) is 5.51. The summed E-state index contributed by atoms with van der Waals surface area (Å²) in [5.41, 5.74) is 1.91. The zero-order valence-corrected chi connectivity index (χ0v) is 9.78. The standard InChI is InChI=1S/C12H17NO3/c1-8-5-4-6-10(7-13-3)11(8)16-9(2)12(14)15/h4-6,9,13H,7H2,1-3H3,(H,14,15). The lowest BCUT2D eigenvalue weighted by Crippen LogP contribution is -2.24. The first-order valence-corrected chi connectivity index (χ1v) is 5.18. The first-order chi connectivity index (χ1) is 7.56. The Labute approximate surface area is 95.2 Å². The molecule has 0 amide bonds. The minimum absolute atomic E-state index is 0.656. The van der Waals surface area contributed by atoms with Crippen LogP contribution in [0.2, 0.25) is 0 Å². The van der Waals surface area contributed by atoms with E-state index in [0.29, 0.717) is 12.3 Å². The summed E-state index contributed by atoms with van der Waals surface area (Å²) < 4.78 is 5.45. The average molecular weight is 223 g/mol. The van der Waals surface area contributed by atoms with E-state index in [0.717, 1.165) is 11.1 Å². The first kappa shape index (κ1) is 12.5. The molecule has 0 aromatic heterocycles. The summed E-state index contributed by atoms with van der Waals surface area (Å²) in [4.78, 5) is 10.7. The highest BCUT2D eigenvalue weighted by molar-refractivity contribution is 5.72. The van der Waals surface area contributed by atoms with Crippen LogP contribution in [-0.4, -0.2) is 24.2 Å². The number of hydrogen-bond acceptors (Lipinski definition) is 3. The largest absolute Gasteiger partial charge is 0.479 e. The molecular formula is C12H17NO3. The summed E-state index contributed by atoms with van der Waals surface area (Å²) in [6.45, 7) is 4.09. The Morgan fingerprint density at radius 2 is 2.25 bits per heavy atom. The molecule has 0 spiro atoms. The quantitative estimate of drug-likeness (QED) is 0.795. The van der Waals surface area contributed by atoms with Crippen molar-refractivity contribution in [1.29, 1.82) is 0 Å². The van der Waals surface area contributed by atoms with Gasteiger partial charge in [0.1, 0.15) is 5.75 Å². The molecule has 4 nitrogen and oxygen atoms in total. The van der Waals surface area contributed by atoms with Crippen molar-refractivity contribution in [2.75, 3.05) is 7.05 Å². The van der Waals surface area contributed by atoms with Crippen molar-refractivity contribution in [3.8, 4) is 5.75 Å². The van der Waals surface area contributed by atoms with Gasteiger partial charge in [-0.25, -0.2) is 4.79 Å². The summed E-state index contributed by atoms with van der Waals surface area (Å²) in [5, 5.41) is 11.8. The Balaban J connectivity index is 2.96. The first-order valence-electron chi connectivity index (χ1n) is 5.18. The van der Waals surface area contributed by atoms with E-state index in [1.165, 1.54) is 6.92 Å². The highest BCUT2D eigenvalue weighted by Crippen LogP contribution is 2.24. The van der Waals surface area contributed by atoms with Gasteiger partial charge in [0.05, 0.1) is 0 Å². The number of nitrogens with one attached hydrogen (secondary N) is 1. The van der Waals surface area contributed by atoms with Crippen LogP contribution in [0.4, 0.5) is 0 Å². The van der Waals surface area contributed by atoms with Gasteiger partial charge in [-0.2, -0.15) is 0 Å². The summed E-state index contributed by atoms with van der Waals surface area (Å²) in [5.74, 6) is -0.301. The lowest BCUT2D eigenvalue weighted by Gasteiger charge is -2.16. The van der Waals surface area contributed by atoms with Crippen LogP contribution in [0.3, 0.4) is 0 Å². The smallest absolute Gasteiger partial charge is 0.344 e. The van der Waals surface area contributed by atoms with Crippen LogP contribution in [0.5, 0.6) is 5.75 Å². The number of aliphatic carboxylic acids is 1. The summed E-state index contributed by atoms with van der Waals surface area (Å²) in [6.07, 6.45) is -0.836. The minimum Gasteiger partial charge on any atom is -0.479 e. The molecule has 0 aliphatic carbocycles. The molecule has 4 heteroatoms. The van der Waals surface area contributed by atoms with Gasteiger partial charge in [0, 0.05) is 12.1 Å². The Morgan fingerprint density at radius 1 is 1.56 bits per heavy atom. The third-order valence-corrected chi connectivity index (χ3v) is 2.30. The van der Waals surface area contributed by atoms with E-state index in [-0.39, 0.29) is 0 Å². The number of carbonyl (C=O) groups is 1. The second-order valence-corrected chi connectivity index (χ2v) is 3.69. The number of carboxylic acids is 1. The fraction of sp³-hybridized carbons (Fsp3) is 0.417. The molecule has 16 heavy (non-hydrogen) atoms. The van der Waals surface area contributed by atoms with E-state index in [1.807, 2.05) is 32.2 Å². The average Bonchev–Trinajstić information content (AvgIpc) is 2.23. The van der Waals surface area contributed by atoms with Crippen LogP contribution in [0.25, 0.3) is 0 Å². The molecule has 0 aliphatic heterocycles. The second-order valence-electron chi connectivity index (χ2n) is 3.69. The number of rotatable bonds is 5. The Bertz CT molecular complexity index is 377. The minimum atomic E-state index is -0.960. The van der Waals surface area contributed by atoms with Crippen molar-refractivity contribution in [2.45, 2.75) is 26.5 Å². The predicted molar refractivity (Wildman–Crippen MR) is 61.7 cm³/mol. The number of para-hydroxylation sites is 1. The van der Waals surface area contributed by atoms with Crippen LogP contribution in [0.15, 0.2) is 18.2 Å². The maximum absolute atomic E-state index is 10.7. The molecule has 1 aromatic carbocycles. The molecule has 2 N–H and O–H groups in total. The molecule has 1 unspecified atom stereocenters. The lowest BCUT2D eigenvalue weighted by atomic mass is 10.1. The molecule has 0 saturated carbocycles. The van der Waals surface area contributed by atoms with Crippen LogP contribution >= 0.6 is 0 Å². The number of ether oxygens (including phenoxy) is 1. The molecule has 1 atom stereocenters. The monoisotopic (exact) mass is 223 g/mol. The summed E-state index contributed by atoms with van der Waals surface area (Å²) in [7, 11) is 1.84. The van der Waals surface area contributed by atoms with Gasteiger partial charge in [-0.1, -0.05) is 18.2 Å². The number of aryl methyl sites for hydroxylation is 1. The van der Waals surface area contributed by atoms with Crippen molar-refractivity contribution in [3.05, 3.63) is 29.3 Å². The lowest BCUT2D eigenvalue weighted by molar-refractivity contribution is -0.144. The molecule has 1 rings (SSSR count). The summed E-state index contributed by atoms with van der Waals surface area (Å²) in [6, 6.07) is 5.76. The molecule has 0 saturated heterocycles. The van der Waals surface area contributed by atoms with Crippen molar-refractivity contribution in [1.82, 2.24) is 5.32 Å². The molecule has 0 radical (unpaired) electrons. The van der Waals surface area contributed by atoms with Crippen molar-refractivity contribution in [2.24, 2.45) is 0 Å². The van der Waals surface area contributed by atoms with Gasteiger partial charge in [0.15, 0.2) is 6.10 Å². The topological polar surface area (TPSA) is 58.6 Å². The maximum atomic E-state index is 10.7. The number of hydrogen-bond donors (Lipinski definition) is 2.